The van der Waals surface area contributed by atoms with Gasteiger partial charge in [-0.2, -0.15) is 0 Å². The Hall–Kier alpha value is -2.34. The van der Waals surface area contributed by atoms with Crippen molar-refractivity contribution in [1.82, 2.24) is 10.2 Å². The normalized spacial score (nSPS) is 11.8. The summed E-state index contributed by atoms with van der Waals surface area (Å²) in [5.41, 5.74) is 2.15. The van der Waals surface area contributed by atoms with E-state index in [1.165, 1.54) is 5.56 Å². The summed E-state index contributed by atoms with van der Waals surface area (Å²) in [5, 5.41) is 2.87. The highest BCUT2D eigenvalue weighted by molar-refractivity contribution is 9.10. The van der Waals surface area contributed by atoms with E-state index < -0.39 is 6.04 Å². The first-order chi connectivity index (χ1) is 14.3. The minimum absolute atomic E-state index is 0.141. The summed E-state index contributed by atoms with van der Waals surface area (Å²) in [4.78, 5) is 27.1. The third-order valence-corrected chi connectivity index (χ3v) is 5.51. The molecule has 0 aromatic heterocycles. The van der Waals surface area contributed by atoms with Crippen LogP contribution in [-0.2, 0) is 16.1 Å². The molecule has 2 rings (SSSR count). The highest BCUT2D eigenvalue weighted by Gasteiger charge is 2.26. The summed E-state index contributed by atoms with van der Waals surface area (Å²) in [7, 11) is 0. The van der Waals surface area contributed by atoms with Gasteiger partial charge >= 0.3 is 0 Å². The zero-order chi connectivity index (χ0) is 22.1. The molecule has 0 fully saturated rings. The molecule has 1 atom stereocenters. The van der Waals surface area contributed by atoms with Gasteiger partial charge in [-0.1, -0.05) is 57.2 Å². The lowest BCUT2D eigenvalue weighted by molar-refractivity contribution is -0.142. The molecule has 0 bridgehead atoms. The van der Waals surface area contributed by atoms with Crippen LogP contribution in [0.1, 0.15) is 51.2 Å². The first-order valence-corrected chi connectivity index (χ1v) is 11.2. The van der Waals surface area contributed by atoms with E-state index in [1.807, 2.05) is 55.5 Å². The van der Waals surface area contributed by atoms with Crippen LogP contribution in [0.15, 0.2) is 53.0 Å². The van der Waals surface area contributed by atoms with Crippen molar-refractivity contribution < 1.29 is 14.3 Å². The fourth-order valence-electron chi connectivity index (χ4n) is 2.97. The number of rotatable bonds is 10. The third kappa shape index (κ3) is 6.87. The Morgan fingerprint density at radius 3 is 2.40 bits per heavy atom. The van der Waals surface area contributed by atoms with Gasteiger partial charge in [0.25, 0.3) is 5.91 Å². The Kier molecular flexibility index (Phi) is 9.37. The van der Waals surface area contributed by atoms with Crippen LogP contribution in [-0.4, -0.2) is 35.9 Å². The lowest BCUT2D eigenvalue weighted by atomic mass is 10.0. The van der Waals surface area contributed by atoms with E-state index in [0.29, 0.717) is 24.8 Å². The van der Waals surface area contributed by atoms with E-state index in [2.05, 4.69) is 35.1 Å². The second kappa shape index (κ2) is 11.7. The Labute approximate surface area is 187 Å². The first kappa shape index (κ1) is 23.9. The van der Waals surface area contributed by atoms with E-state index in [4.69, 9.17) is 4.74 Å². The van der Waals surface area contributed by atoms with Gasteiger partial charge in [-0.05, 0) is 58.5 Å². The third-order valence-electron chi connectivity index (χ3n) is 4.89. The maximum atomic E-state index is 13.0. The van der Waals surface area contributed by atoms with Crippen molar-refractivity contribution in [3.05, 3.63) is 64.1 Å². The molecule has 2 aromatic rings. The van der Waals surface area contributed by atoms with Gasteiger partial charge in [0.1, 0.15) is 11.8 Å². The van der Waals surface area contributed by atoms with Crippen molar-refractivity contribution in [2.45, 2.75) is 52.6 Å². The molecule has 0 radical (unpaired) electrons. The summed E-state index contributed by atoms with van der Waals surface area (Å²) < 4.78 is 6.60. The Morgan fingerprint density at radius 1 is 1.10 bits per heavy atom. The number of amides is 2. The van der Waals surface area contributed by atoms with E-state index in [9.17, 15) is 9.59 Å². The summed E-state index contributed by atoms with van der Waals surface area (Å²) in [5.74, 6) is 0.609. The smallest absolute Gasteiger partial charge is 0.261 e. The molecule has 2 amide bonds. The molecule has 6 heteroatoms. The summed E-state index contributed by atoms with van der Waals surface area (Å²) in [6.45, 7) is 8.78. The molecule has 0 aliphatic rings. The van der Waals surface area contributed by atoms with Crippen LogP contribution in [0.25, 0.3) is 0 Å². The molecule has 0 saturated heterocycles. The number of nitrogens with zero attached hydrogens (tertiary/aromatic N) is 1. The molecule has 0 aliphatic carbocycles. The van der Waals surface area contributed by atoms with E-state index >= 15 is 0 Å². The molecule has 5 nitrogen and oxygen atoms in total. The second-order valence-corrected chi connectivity index (χ2v) is 8.46. The Balaban J connectivity index is 2.12. The average molecular weight is 475 g/mol. The van der Waals surface area contributed by atoms with Gasteiger partial charge in [-0.3, -0.25) is 9.59 Å². The number of benzene rings is 2. The van der Waals surface area contributed by atoms with E-state index in [1.54, 1.807) is 11.8 Å². The molecule has 0 aliphatic heterocycles. The zero-order valence-electron chi connectivity index (χ0n) is 18.2. The van der Waals surface area contributed by atoms with Gasteiger partial charge in [0.2, 0.25) is 5.91 Å². The van der Waals surface area contributed by atoms with Gasteiger partial charge in [0.15, 0.2) is 6.61 Å². The number of carbonyl (C=O) groups is 2. The van der Waals surface area contributed by atoms with Crippen LogP contribution < -0.4 is 10.1 Å². The standard InChI is InChI=1S/C24H31BrN2O3/c1-5-13-26-24(29)18(4)27(15-19-9-7-6-8-10-19)23(28)16-30-22-12-11-20(17(2)3)14-21(22)25/h6-12,14,17-18H,5,13,15-16H2,1-4H3,(H,26,29). The average Bonchev–Trinajstić information content (AvgIpc) is 2.74. The summed E-state index contributed by atoms with van der Waals surface area (Å²) in [6.07, 6.45) is 0.842. The number of halogens is 1. The minimum Gasteiger partial charge on any atom is -0.483 e. The quantitative estimate of drug-likeness (QED) is 0.532. The molecule has 0 spiro atoms. The van der Waals surface area contributed by atoms with Crippen LogP contribution in [0, 0.1) is 0 Å². The van der Waals surface area contributed by atoms with Crippen molar-refractivity contribution in [3.63, 3.8) is 0 Å². The van der Waals surface area contributed by atoms with Crippen molar-refractivity contribution in [2.24, 2.45) is 0 Å². The maximum Gasteiger partial charge on any atom is 0.261 e. The highest BCUT2D eigenvalue weighted by atomic mass is 79.9. The van der Waals surface area contributed by atoms with E-state index in [0.717, 1.165) is 16.5 Å². The van der Waals surface area contributed by atoms with Gasteiger partial charge in [-0.25, -0.2) is 0 Å². The fraction of sp³-hybridized carbons (Fsp3) is 0.417. The molecular weight excluding hydrogens is 444 g/mol. The van der Waals surface area contributed by atoms with Gasteiger partial charge in [-0.15, -0.1) is 0 Å². The minimum atomic E-state index is -0.598. The Bertz CT molecular complexity index is 840. The molecule has 30 heavy (non-hydrogen) atoms. The van der Waals surface area contributed by atoms with Crippen molar-refractivity contribution in [2.75, 3.05) is 13.2 Å². The van der Waals surface area contributed by atoms with Crippen LogP contribution in [0.3, 0.4) is 0 Å². The first-order valence-electron chi connectivity index (χ1n) is 10.4. The van der Waals surface area contributed by atoms with E-state index in [-0.39, 0.29) is 18.4 Å². The molecule has 1 unspecified atom stereocenters. The zero-order valence-corrected chi connectivity index (χ0v) is 19.7. The Morgan fingerprint density at radius 2 is 1.80 bits per heavy atom. The lowest BCUT2D eigenvalue weighted by Crippen LogP contribution is -2.49. The molecule has 2 aromatic carbocycles. The number of carbonyl (C=O) groups excluding carboxylic acids is 2. The predicted octanol–water partition coefficient (Wildman–Crippen LogP) is 4.89. The summed E-state index contributed by atoms with van der Waals surface area (Å²) >= 11 is 3.52. The maximum absolute atomic E-state index is 13.0. The number of hydrogen-bond acceptors (Lipinski definition) is 3. The van der Waals surface area contributed by atoms with Crippen LogP contribution in [0.5, 0.6) is 5.75 Å². The molecular formula is C24H31BrN2O3. The summed E-state index contributed by atoms with van der Waals surface area (Å²) in [6, 6.07) is 14.9. The van der Waals surface area contributed by atoms with Gasteiger partial charge in [0.05, 0.1) is 4.47 Å². The number of hydrogen-bond donors (Lipinski definition) is 1. The predicted molar refractivity (Wildman–Crippen MR) is 123 cm³/mol. The lowest BCUT2D eigenvalue weighted by Gasteiger charge is -2.28. The molecule has 0 heterocycles. The van der Waals surface area contributed by atoms with Gasteiger partial charge < -0.3 is 15.0 Å². The number of ether oxygens (including phenoxy) is 1. The molecule has 0 saturated carbocycles. The largest absolute Gasteiger partial charge is 0.483 e. The SMILES string of the molecule is CCCNC(=O)C(C)N(Cc1ccccc1)C(=O)COc1ccc(C(C)C)cc1Br. The van der Waals surface area contributed by atoms with Crippen molar-refractivity contribution in [3.8, 4) is 5.75 Å². The number of nitrogens with one attached hydrogen (secondary N) is 1. The van der Waals surface area contributed by atoms with Crippen molar-refractivity contribution in [1.29, 1.82) is 0 Å². The molecule has 1 N–H and O–H groups in total. The van der Waals surface area contributed by atoms with Crippen LogP contribution in [0.2, 0.25) is 0 Å². The second-order valence-electron chi connectivity index (χ2n) is 7.61. The van der Waals surface area contributed by atoms with Crippen LogP contribution >= 0.6 is 15.9 Å². The topological polar surface area (TPSA) is 58.6 Å². The van der Waals surface area contributed by atoms with Gasteiger partial charge in [0, 0.05) is 13.1 Å². The highest BCUT2D eigenvalue weighted by Crippen LogP contribution is 2.29. The monoisotopic (exact) mass is 474 g/mol. The molecule has 162 valence electrons. The van der Waals surface area contributed by atoms with Crippen LogP contribution in [0.4, 0.5) is 0 Å². The van der Waals surface area contributed by atoms with Crippen molar-refractivity contribution >= 4 is 27.7 Å². The fourth-order valence-corrected chi connectivity index (χ4v) is 3.49.